The molecule has 3 aliphatic rings. The monoisotopic (exact) mass is 333 g/mol. The molecule has 1 saturated heterocycles. The Morgan fingerprint density at radius 1 is 1.26 bits per heavy atom. The summed E-state index contributed by atoms with van der Waals surface area (Å²) in [6, 6.07) is 9.58. The number of carbonyl (C=O) groups excluding carboxylic acids is 1. The maximum absolute atomic E-state index is 12.7. The van der Waals surface area contributed by atoms with Crippen molar-refractivity contribution < 1.29 is 13.2 Å². The number of aliphatic imine (C=N–C) groups is 1. The molecular formula is C16H19N3O3S. The summed E-state index contributed by atoms with van der Waals surface area (Å²) in [6.07, 6.45) is 2.77. The van der Waals surface area contributed by atoms with Crippen molar-refractivity contribution in [2.75, 3.05) is 19.3 Å². The first kappa shape index (κ1) is 14.8. The molecule has 2 fully saturated rings. The van der Waals surface area contributed by atoms with Crippen LogP contribution in [0, 0.1) is 11.8 Å². The number of nitrogens with one attached hydrogen (secondary N) is 1. The minimum absolute atomic E-state index is 0.0292. The normalized spacial score (nSPS) is 33.8. The summed E-state index contributed by atoms with van der Waals surface area (Å²) in [4.78, 5) is 17.5. The molecule has 7 heteroatoms. The van der Waals surface area contributed by atoms with Crippen molar-refractivity contribution in [1.29, 1.82) is 0 Å². The Morgan fingerprint density at radius 2 is 2.00 bits per heavy atom. The third-order valence-corrected chi connectivity index (χ3v) is 6.61. The van der Waals surface area contributed by atoms with Crippen molar-refractivity contribution >= 4 is 21.8 Å². The summed E-state index contributed by atoms with van der Waals surface area (Å²) in [5, 5.41) is 2.91. The van der Waals surface area contributed by atoms with Gasteiger partial charge in [-0.05, 0) is 18.8 Å². The maximum Gasteiger partial charge on any atom is 0.253 e. The van der Waals surface area contributed by atoms with E-state index in [-0.39, 0.29) is 17.7 Å². The van der Waals surface area contributed by atoms with Crippen molar-refractivity contribution in [3.8, 4) is 0 Å². The lowest BCUT2D eigenvalue weighted by molar-refractivity contribution is -0.124. The molecule has 1 aromatic carbocycles. The van der Waals surface area contributed by atoms with E-state index >= 15 is 0 Å². The van der Waals surface area contributed by atoms with Gasteiger partial charge in [-0.25, -0.2) is 12.7 Å². The van der Waals surface area contributed by atoms with E-state index in [1.165, 1.54) is 10.6 Å². The van der Waals surface area contributed by atoms with Gasteiger partial charge in [-0.2, -0.15) is 0 Å². The fourth-order valence-electron chi connectivity index (χ4n) is 4.17. The van der Waals surface area contributed by atoms with Crippen LogP contribution in [0.1, 0.15) is 18.4 Å². The third kappa shape index (κ3) is 2.21. The van der Waals surface area contributed by atoms with Crippen LogP contribution in [0.4, 0.5) is 0 Å². The second-order valence-corrected chi connectivity index (χ2v) is 8.67. The van der Waals surface area contributed by atoms with Crippen molar-refractivity contribution in [3.05, 3.63) is 35.9 Å². The quantitative estimate of drug-likeness (QED) is 0.861. The third-order valence-electron chi connectivity index (χ3n) is 5.37. The lowest BCUT2D eigenvalue weighted by Gasteiger charge is -2.25. The van der Waals surface area contributed by atoms with Crippen LogP contribution in [0.25, 0.3) is 0 Å². The maximum atomic E-state index is 12.7. The van der Waals surface area contributed by atoms with Gasteiger partial charge in [0.25, 0.3) is 5.91 Å². The Hall–Kier alpha value is -1.73. The zero-order valence-corrected chi connectivity index (χ0v) is 13.7. The molecule has 23 heavy (non-hydrogen) atoms. The highest BCUT2D eigenvalue weighted by molar-refractivity contribution is 7.88. The van der Waals surface area contributed by atoms with Crippen LogP contribution in [0.5, 0.6) is 0 Å². The molecule has 0 bridgehead atoms. The molecule has 0 unspecified atom stereocenters. The molecule has 1 N–H and O–H groups in total. The zero-order chi connectivity index (χ0) is 16.2. The van der Waals surface area contributed by atoms with Crippen LogP contribution in [0.15, 0.2) is 35.3 Å². The highest BCUT2D eigenvalue weighted by Crippen LogP contribution is 2.49. The SMILES string of the molecule is CS(=O)(=O)N1C[C@@H]2CC[C@]3(N=C(c4ccccc4)NC3=O)[C@@H]2C1. The van der Waals surface area contributed by atoms with Crippen LogP contribution in [-0.2, 0) is 14.8 Å². The van der Waals surface area contributed by atoms with Crippen LogP contribution < -0.4 is 5.32 Å². The van der Waals surface area contributed by atoms with Gasteiger partial charge in [0.2, 0.25) is 10.0 Å². The zero-order valence-electron chi connectivity index (χ0n) is 12.9. The molecule has 6 nitrogen and oxygen atoms in total. The number of amidine groups is 1. The van der Waals surface area contributed by atoms with Gasteiger partial charge < -0.3 is 5.32 Å². The number of nitrogens with zero attached hydrogens (tertiary/aromatic N) is 2. The first-order chi connectivity index (χ1) is 10.9. The van der Waals surface area contributed by atoms with Crippen molar-refractivity contribution in [1.82, 2.24) is 9.62 Å². The second-order valence-electron chi connectivity index (χ2n) is 6.69. The Kier molecular flexibility index (Phi) is 3.15. The Morgan fingerprint density at radius 3 is 2.70 bits per heavy atom. The molecule has 1 saturated carbocycles. The van der Waals surface area contributed by atoms with Gasteiger partial charge in [0, 0.05) is 24.6 Å². The van der Waals surface area contributed by atoms with Crippen molar-refractivity contribution in [3.63, 3.8) is 0 Å². The lowest BCUT2D eigenvalue weighted by Crippen LogP contribution is -2.45. The molecule has 0 aromatic heterocycles. The summed E-state index contributed by atoms with van der Waals surface area (Å²) in [6.45, 7) is 0.900. The van der Waals surface area contributed by atoms with Gasteiger partial charge in [0.1, 0.15) is 11.4 Å². The number of sulfonamides is 1. The van der Waals surface area contributed by atoms with Gasteiger partial charge >= 0.3 is 0 Å². The van der Waals surface area contributed by atoms with E-state index in [1.54, 1.807) is 0 Å². The molecular weight excluding hydrogens is 314 g/mol. The number of hydrogen-bond acceptors (Lipinski definition) is 4. The summed E-state index contributed by atoms with van der Waals surface area (Å²) in [7, 11) is -3.22. The van der Waals surface area contributed by atoms with Crippen LogP contribution >= 0.6 is 0 Å². The Bertz CT molecular complexity index is 790. The molecule has 3 atom stereocenters. The standard InChI is InChI=1S/C16H19N3O3S/c1-23(21,22)19-9-12-7-8-16(13(12)10-19)15(20)17-14(18-16)11-5-3-2-4-6-11/h2-6,12-13H,7-10H2,1H3,(H,17,18,20)/t12-,13+,16-/m0/s1. The lowest BCUT2D eigenvalue weighted by atomic mass is 9.85. The van der Waals surface area contributed by atoms with Crippen LogP contribution in [0.3, 0.4) is 0 Å². The topological polar surface area (TPSA) is 78.8 Å². The number of fused-ring (bicyclic) bond motifs is 2. The van der Waals surface area contributed by atoms with E-state index in [4.69, 9.17) is 4.99 Å². The summed E-state index contributed by atoms with van der Waals surface area (Å²) in [5.74, 6) is 0.709. The second kappa shape index (κ2) is 4.88. The molecule has 1 spiro atoms. The summed E-state index contributed by atoms with van der Waals surface area (Å²) < 4.78 is 25.1. The number of rotatable bonds is 2. The fraction of sp³-hybridized carbons (Fsp3) is 0.500. The average Bonchev–Trinajstić information content (AvgIpc) is 3.16. The minimum atomic E-state index is -3.22. The predicted octanol–water partition coefficient (Wildman–Crippen LogP) is 0.603. The first-order valence-corrected chi connectivity index (χ1v) is 9.67. The number of benzene rings is 1. The Labute approximate surface area is 135 Å². The smallest absolute Gasteiger partial charge is 0.253 e. The van der Waals surface area contributed by atoms with E-state index in [9.17, 15) is 13.2 Å². The summed E-state index contributed by atoms with van der Waals surface area (Å²) in [5.41, 5.74) is 0.0917. The van der Waals surface area contributed by atoms with E-state index < -0.39 is 15.6 Å². The van der Waals surface area contributed by atoms with Crippen LogP contribution in [-0.4, -0.2) is 49.4 Å². The average molecular weight is 333 g/mol. The van der Waals surface area contributed by atoms with E-state index in [0.29, 0.717) is 25.3 Å². The fourth-order valence-corrected chi connectivity index (χ4v) is 5.07. The molecule has 1 aromatic rings. The first-order valence-electron chi connectivity index (χ1n) is 7.82. The molecule has 4 rings (SSSR count). The van der Waals surface area contributed by atoms with Crippen molar-refractivity contribution in [2.45, 2.75) is 18.4 Å². The van der Waals surface area contributed by atoms with Crippen LogP contribution in [0.2, 0.25) is 0 Å². The van der Waals surface area contributed by atoms with Crippen molar-refractivity contribution in [2.24, 2.45) is 16.8 Å². The summed E-state index contributed by atoms with van der Waals surface area (Å²) >= 11 is 0. The van der Waals surface area contributed by atoms with E-state index in [0.717, 1.165) is 12.0 Å². The predicted molar refractivity (Wildman–Crippen MR) is 86.5 cm³/mol. The Balaban J connectivity index is 1.69. The van der Waals surface area contributed by atoms with Gasteiger partial charge in [-0.3, -0.25) is 9.79 Å². The van der Waals surface area contributed by atoms with Gasteiger partial charge in [0.15, 0.2) is 0 Å². The van der Waals surface area contributed by atoms with Gasteiger partial charge in [0.05, 0.1) is 6.26 Å². The molecule has 2 aliphatic heterocycles. The van der Waals surface area contributed by atoms with Gasteiger partial charge in [-0.15, -0.1) is 0 Å². The highest BCUT2D eigenvalue weighted by atomic mass is 32.2. The molecule has 122 valence electrons. The molecule has 0 radical (unpaired) electrons. The minimum Gasteiger partial charge on any atom is -0.308 e. The van der Waals surface area contributed by atoms with E-state index in [2.05, 4.69) is 5.32 Å². The van der Waals surface area contributed by atoms with E-state index in [1.807, 2.05) is 30.3 Å². The molecule has 2 heterocycles. The van der Waals surface area contributed by atoms with Gasteiger partial charge in [-0.1, -0.05) is 30.3 Å². The largest absolute Gasteiger partial charge is 0.308 e. The number of amides is 1. The number of carbonyl (C=O) groups is 1. The number of hydrogen-bond donors (Lipinski definition) is 1. The molecule has 1 aliphatic carbocycles. The molecule has 1 amide bonds. The highest BCUT2D eigenvalue weighted by Gasteiger charge is 2.60.